The molecule has 0 amide bonds. The molecule has 0 saturated carbocycles. The summed E-state index contributed by atoms with van der Waals surface area (Å²) in [5, 5.41) is 0. The minimum absolute atomic E-state index is 0.799. The molecule has 0 aliphatic heterocycles. The van der Waals surface area contributed by atoms with Crippen LogP contribution in [0.25, 0.3) is 0 Å². The average molecular weight is 240 g/mol. The van der Waals surface area contributed by atoms with Crippen LogP contribution in [0.4, 0.5) is 5.69 Å². The minimum Gasteiger partial charge on any atom is -0.375 e. The Labute approximate surface area is 104 Å². The van der Waals surface area contributed by atoms with Gasteiger partial charge in [0.25, 0.3) is 0 Å². The first-order valence-corrected chi connectivity index (χ1v) is 6.61. The fraction of sp³-hybridized carbons (Fsp3) is 0.571. The molecular weight excluding hydrogens is 218 g/mol. The average Bonchev–Trinajstić information content (AvgIpc) is 2.29. The quantitative estimate of drug-likeness (QED) is 0.509. The number of halogens is 1. The molecule has 2 heteroatoms. The van der Waals surface area contributed by atoms with E-state index in [1.54, 1.807) is 0 Å². The Hall–Kier alpha value is -0.690. The standard InChI is InChI=1S/C14H22ClN/c1-13-7-9-14(10-8-13)16(2)12-6-4-3-5-11-15/h7-10H,3-6,11-12H2,1-2H3. The molecule has 0 aliphatic rings. The summed E-state index contributed by atoms with van der Waals surface area (Å²) in [5.41, 5.74) is 2.63. The van der Waals surface area contributed by atoms with E-state index in [9.17, 15) is 0 Å². The van der Waals surface area contributed by atoms with Gasteiger partial charge < -0.3 is 4.90 Å². The van der Waals surface area contributed by atoms with Crippen molar-refractivity contribution in [2.45, 2.75) is 32.6 Å². The molecule has 0 saturated heterocycles. The van der Waals surface area contributed by atoms with Gasteiger partial charge in [-0.05, 0) is 31.9 Å². The lowest BCUT2D eigenvalue weighted by Gasteiger charge is -2.19. The molecular formula is C14H22ClN. The molecule has 0 aromatic heterocycles. The van der Waals surface area contributed by atoms with Crippen molar-refractivity contribution < 1.29 is 0 Å². The van der Waals surface area contributed by atoms with E-state index in [1.807, 2.05) is 0 Å². The van der Waals surface area contributed by atoms with Crippen LogP contribution in [0.1, 0.15) is 31.2 Å². The third-order valence-corrected chi connectivity index (χ3v) is 3.12. The minimum atomic E-state index is 0.799. The largest absolute Gasteiger partial charge is 0.375 e. The fourth-order valence-corrected chi connectivity index (χ4v) is 1.91. The van der Waals surface area contributed by atoms with Gasteiger partial charge in [-0.3, -0.25) is 0 Å². The van der Waals surface area contributed by atoms with Crippen LogP contribution in [0.3, 0.4) is 0 Å². The lowest BCUT2D eigenvalue weighted by atomic mass is 10.2. The summed E-state index contributed by atoms with van der Waals surface area (Å²) in [6.45, 7) is 3.25. The normalized spacial score (nSPS) is 10.4. The molecule has 16 heavy (non-hydrogen) atoms. The molecule has 0 atom stereocenters. The van der Waals surface area contributed by atoms with Crippen molar-refractivity contribution in [1.82, 2.24) is 0 Å². The van der Waals surface area contributed by atoms with Gasteiger partial charge in [-0.25, -0.2) is 0 Å². The predicted octanol–water partition coefficient (Wildman–Crippen LogP) is 4.23. The van der Waals surface area contributed by atoms with Crippen LogP contribution in [0.5, 0.6) is 0 Å². The van der Waals surface area contributed by atoms with E-state index in [4.69, 9.17) is 11.6 Å². The van der Waals surface area contributed by atoms with Gasteiger partial charge in [-0.1, -0.05) is 30.5 Å². The maximum absolute atomic E-state index is 5.64. The zero-order chi connectivity index (χ0) is 11.8. The molecule has 0 spiro atoms. The third-order valence-electron chi connectivity index (χ3n) is 2.85. The highest BCUT2D eigenvalue weighted by Gasteiger charge is 1.99. The molecule has 0 unspecified atom stereocenters. The summed E-state index contributed by atoms with van der Waals surface area (Å²) in [5.74, 6) is 0.799. The van der Waals surface area contributed by atoms with Gasteiger partial charge in [0.1, 0.15) is 0 Å². The van der Waals surface area contributed by atoms with Gasteiger partial charge in [0.05, 0.1) is 0 Å². The van der Waals surface area contributed by atoms with E-state index < -0.39 is 0 Å². The molecule has 0 heterocycles. The molecule has 1 aromatic rings. The van der Waals surface area contributed by atoms with Crippen molar-refractivity contribution in [3.8, 4) is 0 Å². The first-order valence-electron chi connectivity index (χ1n) is 6.08. The number of rotatable bonds is 7. The Morgan fingerprint density at radius 3 is 2.25 bits per heavy atom. The van der Waals surface area contributed by atoms with Crippen molar-refractivity contribution in [3.63, 3.8) is 0 Å². The second kappa shape index (κ2) is 7.56. The van der Waals surface area contributed by atoms with Gasteiger partial charge in [-0.2, -0.15) is 0 Å². The highest BCUT2D eigenvalue weighted by Crippen LogP contribution is 2.14. The Kier molecular flexibility index (Phi) is 6.32. The molecule has 1 aromatic carbocycles. The summed E-state index contributed by atoms with van der Waals surface area (Å²) < 4.78 is 0. The predicted molar refractivity (Wildman–Crippen MR) is 73.6 cm³/mol. The SMILES string of the molecule is Cc1ccc(N(C)CCCCCCCl)cc1. The van der Waals surface area contributed by atoms with E-state index in [-0.39, 0.29) is 0 Å². The lowest BCUT2D eigenvalue weighted by Crippen LogP contribution is -2.18. The second-order valence-electron chi connectivity index (χ2n) is 4.36. The smallest absolute Gasteiger partial charge is 0.0363 e. The summed E-state index contributed by atoms with van der Waals surface area (Å²) in [6, 6.07) is 8.71. The first-order chi connectivity index (χ1) is 7.74. The van der Waals surface area contributed by atoms with Gasteiger partial charge in [0, 0.05) is 25.2 Å². The Bertz CT molecular complexity index is 281. The first kappa shape index (κ1) is 13.4. The van der Waals surface area contributed by atoms with Crippen molar-refractivity contribution in [3.05, 3.63) is 29.8 Å². The van der Waals surface area contributed by atoms with E-state index in [1.165, 1.54) is 30.5 Å². The topological polar surface area (TPSA) is 3.24 Å². The highest BCUT2D eigenvalue weighted by atomic mass is 35.5. The highest BCUT2D eigenvalue weighted by molar-refractivity contribution is 6.17. The number of hydrogen-bond donors (Lipinski definition) is 0. The van der Waals surface area contributed by atoms with Crippen LogP contribution in [-0.4, -0.2) is 19.5 Å². The second-order valence-corrected chi connectivity index (χ2v) is 4.74. The van der Waals surface area contributed by atoms with Gasteiger partial charge in [0.15, 0.2) is 0 Å². The molecule has 0 radical (unpaired) electrons. The number of nitrogens with zero attached hydrogens (tertiary/aromatic N) is 1. The molecule has 0 fully saturated rings. The van der Waals surface area contributed by atoms with Gasteiger partial charge >= 0.3 is 0 Å². The Balaban J connectivity index is 2.24. The van der Waals surface area contributed by atoms with Crippen molar-refractivity contribution in [1.29, 1.82) is 0 Å². The zero-order valence-electron chi connectivity index (χ0n) is 10.4. The van der Waals surface area contributed by atoms with Crippen molar-refractivity contribution in [2.75, 3.05) is 24.4 Å². The Morgan fingerprint density at radius 2 is 1.62 bits per heavy atom. The summed E-state index contributed by atoms with van der Waals surface area (Å²) in [4.78, 5) is 2.32. The molecule has 90 valence electrons. The number of aryl methyl sites for hydroxylation is 1. The van der Waals surface area contributed by atoms with Crippen LogP contribution in [-0.2, 0) is 0 Å². The van der Waals surface area contributed by atoms with Crippen LogP contribution < -0.4 is 4.90 Å². The van der Waals surface area contributed by atoms with E-state index in [0.29, 0.717) is 0 Å². The monoisotopic (exact) mass is 239 g/mol. The maximum atomic E-state index is 5.64. The number of anilines is 1. The fourth-order valence-electron chi connectivity index (χ4n) is 1.73. The molecule has 0 aliphatic carbocycles. The molecule has 1 nitrogen and oxygen atoms in total. The van der Waals surface area contributed by atoms with Gasteiger partial charge in [0.2, 0.25) is 0 Å². The van der Waals surface area contributed by atoms with E-state index >= 15 is 0 Å². The van der Waals surface area contributed by atoms with Crippen LogP contribution in [0, 0.1) is 6.92 Å². The van der Waals surface area contributed by atoms with Crippen LogP contribution >= 0.6 is 11.6 Å². The van der Waals surface area contributed by atoms with Crippen LogP contribution in [0.15, 0.2) is 24.3 Å². The number of benzene rings is 1. The third kappa shape index (κ3) is 4.89. The van der Waals surface area contributed by atoms with Gasteiger partial charge in [-0.15, -0.1) is 11.6 Å². The van der Waals surface area contributed by atoms with Crippen molar-refractivity contribution >= 4 is 17.3 Å². The lowest BCUT2D eigenvalue weighted by molar-refractivity contribution is 0.663. The molecule has 1 rings (SSSR count). The van der Waals surface area contributed by atoms with E-state index in [0.717, 1.165) is 18.8 Å². The summed E-state index contributed by atoms with van der Waals surface area (Å²) in [7, 11) is 2.16. The van der Waals surface area contributed by atoms with Crippen molar-refractivity contribution in [2.24, 2.45) is 0 Å². The number of hydrogen-bond acceptors (Lipinski definition) is 1. The summed E-state index contributed by atoms with van der Waals surface area (Å²) >= 11 is 5.64. The Morgan fingerprint density at radius 1 is 1.00 bits per heavy atom. The maximum Gasteiger partial charge on any atom is 0.0363 e. The molecule has 0 bridgehead atoms. The number of unbranched alkanes of at least 4 members (excludes halogenated alkanes) is 3. The molecule has 0 N–H and O–H groups in total. The van der Waals surface area contributed by atoms with E-state index in [2.05, 4.69) is 43.1 Å². The summed E-state index contributed by atoms with van der Waals surface area (Å²) in [6.07, 6.45) is 4.94. The zero-order valence-corrected chi connectivity index (χ0v) is 11.1. The van der Waals surface area contributed by atoms with Crippen LogP contribution in [0.2, 0.25) is 0 Å². The number of alkyl halides is 1.